The van der Waals surface area contributed by atoms with Crippen LogP contribution in [0, 0.1) is 5.92 Å². The molecule has 3 fully saturated rings. The smallest absolute Gasteiger partial charge is 0.0250 e. The summed E-state index contributed by atoms with van der Waals surface area (Å²) in [5, 5.41) is 0. The summed E-state index contributed by atoms with van der Waals surface area (Å²) in [6, 6.07) is 2.18. The molecule has 3 heteroatoms. The summed E-state index contributed by atoms with van der Waals surface area (Å²) in [7, 11) is 0. The van der Waals surface area contributed by atoms with Crippen molar-refractivity contribution in [2.24, 2.45) is 11.7 Å². The normalized spacial score (nSPS) is 36.3. The molecule has 2 heterocycles. The van der Waals surface area contributed by atoms with E-state index in [4.69, 9.17) is 5.73 Å². The monoisotopic (exact) mass is 265 g/mol. The van der Waals surface area contributed by atoms with Crippen molar-refractivity contribution >= 4 is 0 Å². The van der Waals surface area contributed by atoms with E-state index in [1.165, 1.54) is 64.6 Å². The van der Waals surface area contributed by atoms with Gasteiger partial charge in [-0.15, -0.1) is 0 Å². The predicted octanol–water partition coefficient (Wildman–Crippen LogP) is 2.06. The van der Waals surface area contributed by atoms with Crippen LogP contribution in [0.5, 0.6) is 0 Å². The van der Waals surface area contributed by atoms with E-state index >= 15 is 0 Å². The molecule has 3 unspecified atom stereocenters. The molecule has 1 aliphatic carbocycles. The summed E-state index contributed by atoms with van der Waals surface area (Å²) < 4.78 is 0. The highest BCUT2D eigenvalue weighted by Crippen LogP contribution is 2.33. The molecule has 0 amide bonds. The van der Waals surface area contributed by atoms with E-state index in [9.17, 15) is 0 Å². The Hall–Kier alpha value is -0.120. The lowest BCUT2D eigenvalue weighted by atomic mass is 9.82. The fraction of sp³-hybridized carbons (Fsp3) is 1.00. The van der Waals surface area contributed by atoms with Gasteiger partial charge in [-0.1, -0.05) is 19.3 Å². The van der Waals surface area contributed by atoms with Crippen LogP contribution in [0.25, 0.3) is 0 Å². The molecule has 0 bridgehead atoms. The molecule has 0 aromatic carbocycles. The fourth-order valence-corrected chi connectivity index (χ4v) is 4.79. The van der Waals surface area contributed by atoms with Crippen molar-refractivity contribution in [3.63, 3.8) is 0 Å². The van der Waals surface area contributed by atoms with Crippen molar-refractivity contribution in [1.29, 1.82) is 0 Å². The van der Waals surface area contributed by atoms with Gasteiger partial charge >= 0.3 is 0 Å². The average molecular weight is 265 g/mol. The van der Waals surface area contributed by atoms with Crippen LogP contribution in [-0.4, -0.2) is 54.1 Å². The van der Waals surface area contributed by atoms with Gasteiger partial charge in [0.05, 0.1) is 0 Å². The molecule has 3 nitrogen and oxygen atoms in total. The van der Waals surface area contributed by atoms with Crippen LogP contribution in [0.1, 0.15) is 51.9 Å². The molecule has 110 valence electrons. The Morgan fingerprint density at radius 3 is 2.58 bits per heavy atom. The molecule has 2 saturated heterocycles. The second-order valence-corrected chi connectivity index (χ2v) is 7.04. The third-order valence-corrected chi connectivity index (χ3v) is 5.85. The first-order valence-corrected chi connectivity index (χ1v) is 8.49. The Kier molecular flexibility index (Phi) is 4.45. The largest absolute Gasteiger partial charge is 0.329 e. The summed E-state index contributed by atoms with van der Waals surface area (Å²) in [5.74, 6) is 0.870. The van der Waals surface area contributed by atoms with Crippen LogP contribution in [0.2, 0.25) is 0 Å². The maximum Gasteiger partial charge on any atom is 0.0250 e. The van der Waals surface area contributed by atoms with Crippen LogP contribution >= 0.6 is 0 Å². The number of nitrogens with zero attached hydrogens (tertiary/aromatic N) is 2. The van der Waals surface area contributed by atoms with Crippen molar-refractivity contribution in [3.8, 4) is 0 Å². The molecule has 0 spiro atoms. The number of rotatable bonds is 3. The molecule has 3 atom stereocenters. The van der Waals surface area contributed by atoms with Gasteiger partial charge in [-0.25, -0.2) is 0 Å². The topological polar surface area (TPSA) is 32.5 Å². The SMILES string of the molecule is CC1CN2CCCC2CN1C(CN)C1CCCCC1. The second-order valence-electron chi connectivity index (χ2n) is 7.04. The lowest BCUT2D eigenvalue weighted by Gasteiger charge is -2.48. The van der Waals surface area contributed by atoms with Crippen LogP contribution in [-0.2, 0) is 0 Å². The van der Waals surface area contributed by atoms with Gasteiger partial charge in [0.25, 0.3) is 0 Å². The number of hydrogen-bond donors (Lipinski definition) is 1. The highest BCUT2D eigenvalue weighted by atomic mass is 15.3. The highest BCUT2D eigenvalue weighted by molar-refractivity contribution is 4.95. The molecule has 0 radical (unpaired) electrons. The van der Waals surface area contributed by atoms with Gasteiger partial charge in [0, 0.05) is 37.8 Å². The summed E-state index contributed by atoms with van der Waals surface area (Å²) in [4.78, 5) is 5.50. The summed E-state index contributed by atoms with van der Waals surface area (Å²) in [6.07, 6.45) is 9.95. The van der Waals surface area contributed by atoms with Gasteiger partial charge in [0.2, 0.25) is 0 Å². The summed E-state index contributed by atoms with van der Waals surface area (Å²) >= 11 is 0. The Morgan fingerprint density at radius 2 is 1.84 bits per heavy atom. The number of fused-ring (bicyclic) bond motifs is 1. The van der Waals surface area contributed by atoms with Gasteiger partial charge in [-0.2, -0.15) is 0 Å². The first kappa shape index (κ1) is 13.8. The number of piperazine rings is 1. The Bertz CT molecular complexity index is 288. The maximum absolute atomic E-state index is 6.18. The minimum atomic E-state index is 0.651. The number of nitrogens with two attached hydrogens (primary N) is 1. The van der Waals surface area contributed by atoms with Gasteiger partial charge in [0.15, 0.2) is 0 Å². The molecule has 1 saturated carbocycles. The van der Waals surface area contributed by atoms with E-state index in [0.717, 1.165) is 18.5 Å². The van der Waals surface area contributed by atoms with Crippen molar-refractivity contribution in [2.45, 2.75) is 70.0 Å². The van der Waals surface area contributed by atoms with E-state index in [1.807, 2.05) is 0 Å². The highest BCUT2D eigenvalue weighted by Gasteiger charge is 2.39. The Labute approximate surface area is 118 Å². The fourth-order valence-electron chi connectivity index (χ4n) is 4.79. The van der Waals surface area contributed by atoms with Gasteiger partial charge in [-0.05, 0) is 45.1 Å². The third-order valence-electron chi connectivity index (χ3n) is 5.85. The maximum atomic E-state index is 6.18. The molecular weight excluding hydrogens is 234 g/mol. The van der Waals surface area contributed by atoms with Crippen molar-refractivity contribution in [3.05, 3.63) is 0 Å². The predicted molar refractivity (Wildman–Crippen MR) is 80.2 cm³/mol. The van der Waals surface area contributed by atoms with Crippen LogP contribution in [0.15, 0.2) is 0 Å². The quantitative estimate of drug-likeness (QED) is 0.848. The molecule has 0 aromatic heterocycles. The van der Waals surface area contributed by atoms with Gasteiger partial charge in [-0.3, -0.25) is 9.80 Å². The van der Waals surface area contributed by atoms with Gasteiger partial charge < -0.3 is 5.73 Å². The van der Waals surface area contributed by atoms with Crippen molar-refractivity contribution in [2.75, 3.05) is 26.2 Å². The molecule has 3 rings (SSSR count). The first-order chi connectivity index (χ1) is 9.29. The zero-order valence-corrected chi connectivity index (χ0v) is 12.6. The summed E-state index contributed by atoms with van der Waals surface area (Å²) in [6.45, 7) is 7.16. The van der Waals surface area contributed by atoms with E-state index in [1.54, 1.807) is 0 Å². The van der Waals surface area contributed by atoms with Crippen LogP contribution in [0.4, 0.5) is 0 Å². The lowest BCUT2D eigenvalue weighted by molar-refractivity contribution is 0.00474. The zero-order valence-electron chi connectivity index (χ0n) is 12.6. The minimum absolute atomic E-state index is 0.651. The number of hydrogen-bond acceptors (Lipinski definition) is 3. The lowest BCUT2D eigenvalue weighted by Crippen LogP contribution is -2.61. The molecule has 0 aromatic rings. The average Bonchev–Trinajstić information content (AvgIpc) is 2.88. The molecular formula is C16H31N3. The van der Waals surface area contributed by atoms with Crippen LogP contribution in [0.3, 0.4) is 0 Å². The molecule has 19 heavy (non-hydrogen) atoms. The minimum Gasteiger partial charge on any atom is -0.329 e. The molecule has 3 aliphatic rings. The van der Waals surface area contributed by atoms with Gasteiger partial charge in [0.1, 0.15) is 0 Å². The van der Waals surface area contributed by atoms with Crippen LogP contribution < -0.4 is 5.73 Å². The van der Waals surface area contributed by atoms with E-state index in [-0.39, 0.29) is 0 Å². The standard InChI is InChI=1S/C16H31N3/c1-13-11-18-9-5-8-15(18)12-19(13)16(10-17)14-6-3-2-4-7-14/h13-16H,2-12,17H2,1H3. The summed E-state index contributed by atoms with van der Waals surface area (Å²) in [5.41, 5.74) is 6.18. The second kappa shape index (κ2) is 6.11. The molecule has 2 N–H and O–H groups in total. The third kappa shape index (κ3) is 2.84. The van der Waals surface area contributed by atoms with Crippen molar-refractivity contribution in [1.82, 2.24) is 9.80 Å². The van der Waals surface area contributed by atoms with Crippen molar-refractivity contribution < 1.29 is 0 Å². The molecule has 2 aliphatic heterocycles. The Balaban J connectivity index is 1.67. The van der Waals surface area contributed by atoms with E-state index < -0.39 is 0 Å². The van der Waals surface area contributed by atoms with E-state index in [0.29, 0.717) is 12.1 Å². The zero-order chi connectivity index (χ0) is 13.2. The van der Waals surface area contributed by atoms with E-state index in [2.05, 4.69) is 16.7 Å². The first-order valence-electron chi connectivity index (χ1n) is 8.49. The Morgan fingerprint density at radius 1 is 1.05 bits per heavy atom.